The zero-order valence-electron chi connectivity index (χ0n) is 13.9. The Labute approximate surface area is 155 Å². The fraction of sp³-hybridized carbons (Fsp3) is 0.263. The smallest absolute Gasteiger partial charge is 0.338 e. The van der Waals surface area contributed by atoms with Crippen molar-refractivity contribution < 1.29 is 23.7 Å². The zero-order chi connectivity index (χ0) is 18.4. The number of nitriles is 1. The second kappa shape index (κ2) is 8.45. The number of carbonyl (C=O) groups is 1. The van der Waals surface area contributed by atoms with Crippen molar-refractivity contribution in [1.29, 1.82) is 5.26 Å². The van der Waals surface area contributed by atoms with Crippen LogP contribution in [0.5, 0.6) is 17.2 Å². The molecule has 0 spiro atoms. The van der Waals surface area contributed by atoms with Crippen LogP contribution in [0.4, 0.5) is 0 Å². The van der Waals surface area contributed by atoms with Gasteiger partial charge in [0.1, 0.15) is 19.0 Å². The molecule has 0 saturated heterocycles. The fourth-order valence-electron chi connectivity index (χ4n) is 2.35. The second-order valence-corrected chi connectivity index (χ2v) is 5.86. The van der Waals surface area contributed by atoms with E-state index in [0.717, 1.165) is 6.42 Å². The molecular formula is C19H16ClNO5. The van der Waals surface area contributed by atoms with Gasteiger partial charge in [0.05, 0.1) is 35.4 Å². The Hall–Kier alpha value is -2.91. The van der Waals surface area contributed by atoms with Crippen molar-refractivity contribution in [3.8, 4) is 23.3 Å². The van der Waals surface area contributed by atoms with Gasteiger partial charge < -0.3 is 18.9 Å². The third kappa shape index (κ3) is 4.38. The molecule has 0 fully saturated rings. The summed E-state index contributed by atoms with van der Waals surface area (Å²) in [5.74, 6) is 0.963. The van der Waals surface area contributed by atoms with E-state index in [4.69, 9.17) is 35.8 Å². The predicted octanol–water partition coefficient (Wildman–Crippen LogP) is 3.61. The summed E-state index contributed by atoms with van der Waals surface area (Å²) < 4.78 is 21.8. The fourth-order valence-corrected chi connectivity index (χ4v) is 2.62. The van der Waals surface area contributed by atoms with E-state index in [9.17, 15) is 4.79 Å². The van der Waals surface area contributed by atoms with E-state index in [-0.39, 0.29) is 18.8 Å². The van der Waals surface area contributed by atoms with E-state index in [2.05, 4.69) is 0 Å². The van der Waals surface area contributed by atoms with Gasteiger partial charge in [-0.3, -0.25) is 0 Å². The van der Waals surface area contributed by atoms with E-state index in [0.29, 0.717) is 41.0 Å². The minimum absolute atomic E-state index is 0.0743. The molecule has 6 nitrogen and oxygen atoms in total. The standard InChI is InChI=1S/C19H16ClNO5/c20-16-10-14(11-17-18(16)25-7-1-6-24-17)19(22)26-9-8-23-15-4-2-13(12-21)3-5-15/h2-5,10-11H,1,6-9H2. The average Bonchev–Trinajstić information content (AvgIpc) is 2.91. The Morgan fingerprint density at radius 1 is 1.15 bits per heavy atom. The number of carbonyl (C=O) groups excluding carboxylic acids is 1. The highest BCUT2D eigenvalue weighted by Crippen LogP contribution is 2.38. The Kier molecular flexibility index (Phi) is 5.82. The number of halogens is 1. The van der Waals surface area contributed by atoms with Gasteiger partial charge >= 0.3 is 5.97 Å². The molecule has 26 heavy (non-hydrogen) atoms. The topological polar surface area (TPSA) is 77.8 Å². The summed E-state index contributed by atoms with van der Waals surface area (Å²) in [5.41, 5.74) is 0.840. The summed E-state index contributed by atoms with van der Waals surface area (Å²) in [6.45, 7) is 1.28. The van der Waals surface area contributed by atoms with Gasteiger partial charge in [0.15, 0.2) is 11.5 Å². The summed E-state index contributed by atoms with van der Waals surface area (Å²) in [7, 11) is 0. The first-order valence-corrected chi connectivity index (χ1v) is 8.44. The van der Waals surface area contributed by atoms with Gasteiger partial charge in [-0.2, -0.15) is 5.26 Å². The van der Waals surface area contributed by atoms with Crippen molar-refractivity contribution in [1.82, 2.24) is 0 Å². The molecule has 7 heteroatoms. The zero-order valence-corrected chi connectivity index (χ0v) is 14.6. The van der Waals surface area contributed by atoms with E-state index < -0.39 is 5.97 Å². The lowest BCUT2D eigenvalue weighted by Gasteiger charge is -2.11. The van der Waals surface area contributed by atoms with Crippen molar-refractivity contribution in [3.05, 3.63) is 52.5 Å². The van der Waals surface area contributed by atoms with Crippen LogP contribution in [0.3, 0.4) is 0 Å². The molecule has 2 aromatic carbocycles. The number of nitrogens with zero attached hydrogens (tertiary/aromatic N) is 1. The van der Waals surface area contributed by atoms with Gasteiger partial charge in [0, 0.05) is 6.42 Å². The van der Waals surface area contributed by atoms with Crippen LogP contribution in [-0.4, -0.2) is 32.4 Å². The molecule has 0 amide bonds. The Balaban J connectivity index is 1.54. The third-order valence-electron chi connectivity index (χ3n) is 3.61. The van der Waals surface area contributed by atoms with Crippen LogP contribution in [0.15, 0.2) is 36.4 Å². The number of fused-ring (bicyclic) bond motifs is 1. The van der Waals surface area contributed by atoms with Gasteiger partial charge in [-0.15, -0.1) is 0 Å². The first kappa shape index (κ1) is 17.9. The van der Waals surface area contributed by atoms with E-state index in [1.807, 2.05) is 6.07 Å². The molecule has 0 N–H and O–H groups in total. The largest absolute Gasteiger partial charge is 0.490 e. The maximum Gasteiger partial charge on any atom is 0.338 e. The minimum atomic E-state index is -0.522. The maximum atomic E-state index is 12.2. The Bertz CT molecular complexity index is 829. The molecule has 0 saturated carbocycles. The summed E-state index contributed by atoms with van der Waals surface area (Å²) in [4.78, 5) is 12.2. The monoisotopic (exact) mass is 373 g/mol. The van der Waals surface area contributed by atoms with Crippen LogP contribution < -0.4 is 14.2 Å². The van der Waals surface area contributed by atoms with Gasteiger partial charge in [0.25, 0.3) is 0 Å². The van der Waals surface area contributed by atoms with Crippen molar-refractivity contribution >= 4 is 17.6 Å². The highest BCUT2D eigenvalue weighted by molar-refractivity contribution is 6.32. The highest BCUT2D eigenvalue weighted by atomic mass is 35.5. The average molecular weight is 374 g/mol. The van der Waals surface area contributed by atoms with Crippen molar-refractivity contribution in [2.45, 2.75) is 6.42 Å². The number of benzene rings is 2. The number of rotatable bonds is 5. The maximum absolute atomic E-state index is 12.2. The molecular weight excluding hydrogens is 358 g/mol. The third-order valence-corrected chi connectivity index (χ3v) is 3.89. The minimum Gasteiger partial charge on any atom is -0.490 e. The van der Waals surface area contributed by atoms with Crippen LogP contribution in [-0.2, 0) is 4.74 Å². The molecule has 0 bridgehead atoms. The van der Waals surface area contributed by atoms with Crippen LogP contribution >= 0.6 is 11.6 Å². The molecule has 1 aliphatic heterocycles. The number of hydrogen-bond donors (Lipinski definition) is 0. The highest BCUT2D eigenvalue weighted by Gasteiger charge is 2.19. The molecule has 0 atom stereocenters. The van der Waals surface area contributed by atoms with Gasteiger partial charge in [-0.1, -0.05) is 11.6 Å². The Morgan fingerprint density at radius 2 is 1.92 bits per heavy atom. The SMILES string of the molecule is N#Cc1ccc(OCCOC(=O)c2cc(Cl)c3c(c2)OCCCO3)cc1. The first-order chi connectivity index (χ1) is 12.7. The molecule has 0 unspecified atom stereocenters. The molecule has 3 rings (SSSR count). The van der Waals surface area contributed by atoms with Gasteiger partial charge in [0.2, 0.25) is 0 Å². The molecule has 1 aliphatic rings. The lowest BCUT2D eigenvalue weighted by molar-refractivity contribution is 0.0450. The quantitative estimate of drug-likeness (QED) is 0.588. The summed E-state index contributed by atoms with van der Waals surface area (Å²) in [6.07, 6.45) is 0.747. The summed E-state index contributed by atoms with van der Waals surface area (Å²) in [5, 5.41) is 9.06. The molecule has 134 valence electrons. The molecule has 2 aromatic rings. The second-order valence-electron chi connectivity index (χ2n) is 5.46. The van der Waals surface area contributed by atoms with Crippen LogP contribution in [0, 0.1) is 11.3 Å². The lowest BCUT2D eigenvalue weighted by Crippen LogP contribution is -2.12. The van der Waals surface area contributed by atoms with Crippen LogP contribution in [0.25, 0.3) is 0 Å². The Morgan fingerprint density at radius 3 is 2.69 bits per heavy atom. The molecule has 1 heterocycles. The van der Waals surface area contributed by atoms with Gasteiger partial charge in [-0.25, -0.2) is 4.79 Å². The van der Waals surface area contributed by atoms with Crippen molar-refractivity contribution in [2.24, 2.45) is 0 Å². The number of hydrogen-bond acceptors (Lipinski definition) is 6. The van der Waals surface area contributed by atoms with E-state index in [1.165, 1.54) is 6.07 Å². The lowest BCUT2D eigenvalue weighted by atomic mass is 10.2. The van der Waals surface area contributed by atoms with E-state index >= 15 is 0 Å². The molecule has 0 aromatic heterocycles. The number of esters is 1. The van der Waals surface area contributed by atoms with Crippen molar-refractivity contribution in [3.63, 3.8) is 0 Å². The van der Waals surface area contributed by atoms with E-state index in [1.54, 1.807) is 30.3 Å². The van der Waals surface area contributed by atoms with Crippen LogP contribution in [0.2, 0.25) is 5.02 Å². The normalized spacial score (nSPS) is 12.6. The summed E-state index contributed by atoms with van der Waals surface area (Å²) in [6, 6.07) is 11.8. The summed E-state index contributed by atoms with van der Waals surface area (Å²) >= 11 is 6.17. The first-order valence-electron chi connectivity index (χ1n) is 8.06. The molecule has 0 radical (unpaired) electrons. The molecule has 0 aliphatic carbocycles. The van der Waals surface area contributed by atoms with Gasteiger partial charge in [-0.05, 0) is 36.4 Å². The number of ether oxygens (including phenoxy) is 4. The predicted molar refractivity (Wildman–Crippen MR) is 94.0 cm³/mol. The van der Waals surface area contributed by atoms with Crippen LogP contribution in [0.1, 0.15) is 22.3 Å². The van der Waals surface area contributed by atoms with Crippen molar-refractivity contribution in [2.75, 3.05) is 26.4 Å².